The second kappa shape index (κ2) is 8.60. The summed E-state index contributed by atoms with van der Waals surface area (Å²) < 4.78 is 13.7. The van der Waals surface area contributed by atoms with E-state index in [1.54, 1.807) is 18.6 Å². The van der Waals surface area contributed by atoms with Crippen LogP contribution in [0.25, 0.3) is 11.3 Å². The zero-order valence-electron chi connectivity index (χ0n) is 17.1. The Hall–Kier alpha value is -3.04. The molecular formula is C22H25FN8. The maximum absolute atomic E-state index is 13.7. The summed E-state index contributed by atoms with van der Waals surface area (Å²) >= 11 is 0. The van der Waals surface area contributed by atoms with Gasteiger partial charge in [-0.1, -0.05) is 6.07 Å². The number of pyridine rings is 1. The van der Waals surface area contributed by atoms with Gasteiger partial charge in [0.25, 0.3) is 0 Å². The summed E-state index contributed by atoms with van der Waals surface area (Å²) in [6.45, 7) is 3.26. The third kappa shape index (κ3) is 4.24. The summed E-state index contributed by atoms with van der Waals surface area (Å²) in [5.74, 6) is 1.42. The van der Waals surface area contributed by atoms with Gasteiger partial charge in [0, 0.05) is 61.4 Å². The van der Waals surface area contributed by atoms with Crippen molar-refractivity contribution in [3.05, 3.63) is 60.4 Å². The summed E-state index contributed by atoms with van der Waals surface area (Å²) in [5.41, 5.74) is 2.14. The van der Waals surface area contributed by atoms with Gasteiger partial charge in [-0.3, -0.25) is 4.98 Å². The van der Waals surface area contributed by atoms with Crippen LogP contribution in [0.15, 0.2) is 48.9 Å². The first-order valence-corrected chi connectivity index (χ1v) is 10.6. The van der Waals surface area contributed by atoms with E-state index in [-0.39, 0.29) is 11.5 Å². The van der Waals surface area contributed by atoms with Crippen molar-refractivity contribution in [1.82, 2.24) is 35.8 Å². The first-order chi connectivity index (χ1) is 15.2. The van der Waals surface area contributed by atoms with E-state index in [2.05, 4.69) is 41.1 Å². The lowest BCUT2D eigenvalue weighted by Crippen LogP contribution is -2.48. The first kappa shape index (κ1) is 19.9. The third-order valence-corrected chi connectivity index (χ3v) is 6.03. The number of hydrogen-bond donors (Lipinski definition) is 3. The highest BCUT2D eigenvalue weighted by molar-refractivity contribution is 5.57. The minimum atomic E-state index is -0.778. The number of piperazine rings is 1. The highest BCUT2D eigenvalue weighted by Gasteiger charge is 2.47. The van der Waals surface area contributed by atoms with E-state index in [1.165, 1.54) is 0 Å². The molecule has 1 saturated heterocycles. The van der Waals surface area contributed by atoms with Crippen molar-refractivity contribution in [2.45, 2.75) is 30.5 Å². The molecule has 5 rings (SSSR count). The normalized spacial score (nSPS) is 25.6. The molecule has 3 N–H and O–H groups in total. The standard InChI is InChI=1S/C22H25FN8/c23-16-9-22(10-16,19-3-1-2-6-26-19)14-29-20-5-4-17(30-31-20)15-11-27-21(28-12-15)18-13-24-7-8-25-18/h1-6,11-12,16,18,24-25H,7-10,13-14H2,(H,29,31). The molecule has 2 aliphatic rings. The van der Waals surface area contributed by atoms with Crippen molar-refractivity contribution < 1.29 is 4.39 Å². The fourth-order valence-electron chi connectivity index (χ4n) is 4.24. The number of hydrogen-bond acceptors (Lipinski definition) is 8. The van der Waals surface area contributed by atoms with E-state index in [0.29, 0.717) is 30.9 Å². The number of alkyl halides is 1. The van der Waals surface area contributed by atoms with Crippen molar-refractivity contribution in [3.8, 4) is 11.3 Å². The Morgan fingerprint density at radius 2 is 1.90 bits per heavy atom. The molecule has 160 valence electrons. The monoisotopic (exact) mass is 420 g/mol. The summed E-state index contributed by atoms with van der Waals surface area (Å²) in [7, 11) is 0. The number of rotatable bonds is 6. The molecule has 0 aromatic carbocycles. The Morgan fingerprint density at radius 3 is 2.55 bits per heavy atom. The Bertz CT molecular complexity index is 984. The average molecular weight is 420 g/mol. The molecule has 0 spiro atoms. The predicted octanol–water partition coefficient (Wildman–Crippen LogP) is 2.04. The van der Waals surface area contributed by atoms with Gasteiger partial charge in [-0.2, -0.15) is 0 Å². The third-order valence-electron chi connectivity index (χ3n) is 6.03. The Labute approximate surface area is 180 Å². The predicted molar refractivity (Wildman–Crippen MR) is 115 cm³/mol. The quantitative estimate of drug-likeness (QED) is 0.557. The van der Waals surface area contributed by atoms with Crippen molar-refractivity contribution in [2.24, 2.45) is 0 Å². The summed E-state index contributed by atoms with van der Waals surface area (Å²) in [5, 5.41) is 18.6. The van der Waals surface area contributed by atoms with Crippen LogP contribution in [0.3, 0.4) is 0 Å². The summed E-state index contributed by atoms with van der Waals surface area (Å²) in [6, 6.07) is 9.67. The topological polar surface area (TPSA) is 101 Å². The fraction of sp³-hybridized carbons (Fsp3) is 0.409. The van der Waals surface area contributed by atoms with E-state index < -0.39 is 6.17 Å². The fourth-order valence-corrected chi connectivity index (χ4v) is 4.24. The number of aromatic nitrogens is 5. The van der Waals surface area contributed by atoms with Crippen molar-refractivity contribution in [2.75, 3.05) is 31.5 Å². The van der Waals surface area contributed by atoms with E-state index in [4.69, 9.17) is 0 Å². The van der Waals surface area contributed by atoms with Crippen molar-refractivity contribution in [1.29, 1.82) is 0 Å². The van der Waals surface area contributed by atoms with E-state index in [0.717, 1.165) is 36.7 Å². The maximum atomic E-state index is 13.7. The molecule has 31 heavy (non-hydrogen) atoms. The number of halogens is 1. The van der Waals surface area contributed by atoms with Crippen LogP contribution >= 0.6 is 0 Å². The second-order valence-corrected chi connectivity index (χ2v) is 8.20. The van der Waals surface area contributed by atoms with Gasteiger partial charge >= 0.3 is 0 Å². The molecule has 2 fully saturated rings. The van der Waals surface area contributed by atoms with E-state index in [9.17, 15) is 4.39 Å². The van der Waals surface area contributed by atoms with Gasteiger partial charge in [0.1, 0.15) is 17.8 Å². The van der Waals surface area contributed by atoms with Gasteiger partial charge in [0.05, 0.1) is 11.7 Å². The van der Waals surface area contributed by atoms with E-state index >= 15 is 0 Å². The highest BCUT2D eigenvalue weighted by Crippen LogP contribution is 2.44. The molecule has 1 unspecified atom stereocenters. The molecule has 8 nitrogen and oxygen atoms in total. The van der Waals surface area contributed by atoms with Crippen LogP contribution < -0.4 is 16.0 Å². The van der Waals surface area contributed by atoms with Crippen LogP contribution in [0.5, 0.6) is 0 Å². The molecular weight excluding hydrogens is 395 g/mol. The molecule has 3 aromatic rings. The van der Waals surface area contributed by atoms with Gasteiger partial charge in [0.2, 0.25) is 0 Å². The largest absolute Gasteiger partial charge is 0.368 e. The average Bonchev–Trinajstić information content (AvgIpc) is 2.83. The SMILES string of the molecule is FC1CC(CNc2ccc(-c3cnc(C4CNCCN4)nc3)nn2)(c2ccccn2)C1. The Balaban J connectivity index is 1.24. The van der Waals surface area contributed by atoms with Crippen molar-refractivity contribution >= 4 is 5.82 Å². The molecule has 0 bridgehead atoms. The van der Waals surface area contributed by atoms with Crippen LogP contribution in [0, 0.1) is 0 Å². The number of anilines is 1. The van der Waals surface area contributed by atoms with Gasteiger partial charge in [-0.25, -0.2) is 14.4 Å². The van der Waals surface area contributed by atoms with Gasteiger partial charge < -0.3 is 16.0 Å². The van der Waals surface area contributed by atoms with Gasteiger partial charge in [-0.15, -0.1) is 10.2 Å². The molecule has 0 amide bonds. The van der Waals surface area contributed by atoms with Crippen LogP contribution in [0.4, 0.5) is 10.2 Å². The molecule has 1 aliphatic heterocycles. The molecule has 4 heterocycles. The summed E-state index contributed by atoms with van der Waals surface area (Å²) in [6.07, 6.45) is 5.48. The molecule has 3 aromatic heterocycles. The maximum Gasteiger partial charge on any atom is 0.148 e. The molecule has 9 heteroatoms. The lowest BCUT2D eigenvalue weighted by molar-refractivity contribution is 0.0996. The number of nitrogens with one attached hydrogen (secondary N) is 3. The Kier molecular flexibility index (Phi) is 5.52. The lowest BCUT2D eigenvalue weighted by Gasteiger charge is -2.43. The van der Waals surface area contributed by atoms with Crippen LogP contribution in [-0.4, -0.2) is 57.5 Å². The minimum absolute atomic E-state index is 0.127. The van der Waals surface area contributed by atoms with Gasteiger partial charge in [-0.05, 0) is 37.1 Å². The molecule has 0 radical (unpaired) electrons. The second-order valence-electron chi connectivity index (χ2n) is 8.20. The molecule has 1 aliphatic carbocycles. The smallest absolute Gasteiger partial charge is 0.148 e. The van der Waals surface area contributed by atoms with Gasteiger partial charge in [0.15, 0.2) is 0 Å². The van der Waals surface area contributed by atoms with Crippen molar-refractivity contribution in [3.63, 3.8) is 0 Å². The van der Waals surface area contributed by atoms with E-state index in [1.807, 2.05) is 30.3 Å². The van der Waals surface area contributed by atoms with Crippen LogP contribution in [0.2, 0.25) is 0 Å². The summed E-state index contributed by atoms with van der Waals surface area (Å²) in [4.78, 5) is 13.4. The molecule has 1 saturated carbocycles. The lowest BCUT2D eigenvalue weighted by atomic mass is 9.65. The van der Waals surface area contributed by atoms with Crippen LogP contribution in [-0.2, 0) is 5.41 Å². The highest BCUT2D eigenvalue weighted by atomic mass is 19.1. The minimum Gasteiger partial charge on any atom is -0.368 e. The zero-order valence-corrected chi connectivity index (χ0v) is 17.1. The number of nitrogens with zero attached hydrogens (tertiary/aromatic N) is 5. The Morgan fingerprint density at radius 1 is 1.03 bits per heavy atom. The molecule has 1 atom stereocenters. The van der Waals surface area contributed by atoms with Crippen LogP contribution in [0.1, 0.15) is 30.4 Å². The first-order valence-electron chi connectivity index (χ1n) is 10.6. The zero-order chi connectivity index (χ0) is 21.1.